The molecule has 3 fully saturated rings. The van der Waals surface area contributed by atoms with E-state index in [4.69, 9.17) is 14.2 Å². The SMILES string of the molecule is COc1ncc(-c2cn([C@H]3COC[C@@H]([SH]4C[C@H](OCC(=O)N5CCS(=O)(=O)CC5)[C@@H](n5cc(-c6cc(F)c(F)c(F)c6)nn5)[C@@H](O)[C@H]4CO)[C@@H]3O)nn2)cn1. The topological polar surface area (TPSA) is 230 Å². The number of benzene rings is 1. The van der Waals surface area contributed by atoms with Crippen molar-refractivity contribution >= 4 is 26.6 Å². The Hall–Kier alpha value is -4.26. The molecule has 23 heteroatoms. The summed E-state index contributed by atoms with van der Waals surface area (Å²) in [4.78, 5) is 22.8. The minimum Gasteiger partial charge on any atom is -0.467 e. The van der Waals surface area contributed by atoms with Gasteiger partial charge in [0.1, 0.15) is 30.1 Å². The van der Waals surface area contributed by atoms with E-state index in [9.17, 15) is 41.7 Å². The molecule has 1 amide bonds. The van der Waals surface area contributed by atoms with E-state index in [1.807, 2.05) is 0 Å². The Morgan fingerprint density at radius 3 is 2.25 bits per heavy atom. The zero-order valence-corrected chi connectivity index (χ0v) is 30.9. The molecule has 3 saturated heterocycles. The van der Waals surface area contributed by atoms with Crippen LogP contribution >= 0.6 is 10.9 Å². The first-order valence-electron chi connectivity index (χ1n) is 17.1. The molecule has 3 N–H and O–H groups in total. The summed E-state index contributed by atoms with van der Waals surface area (Å²) in [5, 5.41) is 49.5. The molecule has 0 spiro atoms. The third-order valence-corrected chi connectivity index (χ3v) is 15.1. The number of hydrogen-bond acceptors (Lipinski definition) is 15. The van der Waals surface area contributed by atoms with Gasteiger partial charge in [-0.1, -0.05) is 10.4 Å². The van der Waals surface area contributed by atoms with Gasteiger partial charge in [-0.2, -0.15) is 0 Å². The zero-order valence-electron chi connectivity index (χ0n) is 29.2. The molecule has 3 aromatic heterocycles. The highest BCUT2D eigenvalue weighted by Crippen LogP contribution is 2.51. The standard InChI is InChI=1S/C32H38F3N9O9S2/c1-51-32-36-8-18(9-37-32)22-10-43(40-39-22)23-13-52-14-26(30(23)47)54-16-24(53-15-27(46)42-2-4-55(49,50)5-3-42)29(31(48)25(54)12-45)44-11-21(38-41-44)17-6-19(33)28(35)20(34)7-17/h6-11,23-26,29-31,45,47-48,54H,2-5,12-16H2,1H3/t23-,24-,25+,26+,29+,30+,31-/m0/s1. The molecule has 298 valence electrons. The lowest BCUT2D eigenvalue weighted by atomic mass is 10.0. The molecule has 0 bridgehead atoms. The van der Waals surface area contributed by atoms with Gasteiger partial charge in [-0.05, 0) is 12.1 Å². The van der Waals surface area contributed by atoms with Gasteiger partial charge in [0.05, 0.1) is 69.1 Å². The van der Waals surface area contributed by atoms with Crippen molar-refractivity contribution in [2.75, 3.05) is 63.9 Å². The van der Waals surface area contributed by atoms with Gasteiger partial charge in [-0.3, -0.25) is 4.79 Å². The fourth-order valence-electron chi connectivity index (χ4n) is 7.07. The van der Waals surface area contributed by atoms with Crippen molar-refractivity contribution in [3.05, 3.63) is 54.4 Å². The van der Waals surface area contributed by atoms with E-state index < -0.39 is 98.2 Å². The third kappa shape index (κ3) is 8.04. The fraction of sp³-hybridized carbons (Fsp3) is 0.531. The zero-order chi connectivity index (χ0) is 39.0. The van der Waals surface area contributed by atoms with Gasteiger partial charge in [0, 0.05) is 52.9 Å². The van der Waals surface area contributed by atoms with Crippen LogP contribution in [0.4, 0.5) is 13.2 Å². The summed E-state index contributed by atoms with van der Waals surface area (Å²) >= 11 is 0. The third-order valence-electron chi connectivity index (χ3n) is 10.1. The van der Waals surface area contributed by atoms with Crippen LogP contribution < -0.4 is 4.74 Å². The van der Waals surface area contributed by atoms with Crippen LogP contribution in [0.3, 0.4) is 0 Å². The molecular weight excluding hydrogens is 776 g/mol. The van der Waals surface area contributed by atoms with Crippen LogP contribution in [0.25, 0.3) is 22.5 Å². The summed E-state index contributed by atoms with van der Waals surface area (Å²) in [5.74, 6) is -5.30. The Kier molecular flexibility index (Phi) is 11.4. The minimum atomic E-state index is -3.27. The summed E-state index contributed by atoms with van der Waals surface area (Å²) in [5.41, 5.74) is 0.781. The molecule has 1 unspecified atom stereocenters. The van der Waals surface area contributed by atoms with Crippen LogP contribution in [-0.2, 0) is 24.1 Å². The number of ether oxygens (including phenoxy) is 3. The molecule has 7 rings (SSSR count). The van der Waals surface area contributed by atoms with Gasteiger partial charge >= 0.3 is 6.01 Å². The largest absolute Gasteiger partial charge is 0.467 e. The van der Waals surface area contributed by atoms with Gasteiger partial charge in [-0.25, -0.2) is 51.8 Å². The van der Waals surface area contributed by atoms with Crippen molar-refractivity contribution in [2.45, 2.75) is 40.9 Å². The fourth-order valence-corrected chi connectivity index (χ4v) is 11.7. The lowest BCUT2D eigenvalue weighted by molar-refractivity contribution is -0.139. The van der Waals surface area contributed by atoms with Crippen molar-refractivity contribution in [3.63, 3.8) is 0 Å². The van der Waals surface area contributed by atoms with Crippen LogP contribution in [0.5, 0.6) is 6.01 Å². The van der Waals surface area contributed by atoms with Crippen molar-refractivity contribution < 1.29 is 55.9 Å². The van der Waals surface area contributed by atoms with Crippen LogP contribution in [-0.4, -0.2) is 167 Å². The van der Waals surface area contributed by atoms with E-state index >= 15 is 0 Å². The molecule has 8 atom stereocenters. The van der Waals surface area contributed by atoms with Gasteiger partial charge < -0.3 is 34.4 Å². The van der Waals surface area contributed by atoms with Gasteiger partial charge in [0.25, 0.3) is 0 Å². The van der Waals surface area contributed by atoms with Crippen molar-refractivity contribution in [2.24, 2.45) is 0 Å². The Bertz CT molecular complexity index is 2080. The molecule has 3 aliphatic heterocycles. The maximum atomic E-state index is 14.1. The molecule has 0 aliphatic carbocycles. The second kappa shape index (κ2) is 16.1. The van der Waals surface area contributed by atoms with Crippen LogP contribution in [0.1, 0.15) is 12.1 Å². The number of hydrogen-bond donors (Lipinski definition) is 4. The monoisotopic (exact) mass is 813 g/mol. The number of rotatable bonds is 10. The molecule has 0 saturated carbocycles. The van der Waals surface area contributed by atoms with E-state index in [1.165, 1.54) is 40.0 Å². The first kappa shape index (κ1) is 39.0. The smallest absolute Gasteiger partial charge is 0.316 e. The Balaban J connectivity index is 1.15. The number of aliphatic hydroxyl groups is 3. The van der Waals surface area contributed by atoms with E-state index in [0.717, 1.165) is 12.1 Å². The van der Waals surface area contributed by atoms with Crippen molar-refractivity contribution in [1.29, 1.82) is 0 Å². The van der Waals surface area contributed by atoms with Gasteiger partial charge in [0.15, 0.2) is 27.3 Å². The van der Waals surface area contributed by atoms with Gasteiger partial charge in [-0.15, -0.1) is 10.2 Å². The molecule has 55 heavy (non-hydrogen) atoms. The Labute approximate surface area is 314 Å². The molecule has 4 aromatic rings. The molecular formula is C32H38F3N9O9S2. The predicted octanol–water partition coefficient (Wildman–Crippen LogP) is -0.660. The Morgan fingerprint density at radius 1 is 0.964 bits per heavy atom. The summed E-state index contributed by atoms with van der Waals surface area (Å²) in [6.07, 6.45) is 2.40. The average Bonchev–Trinajstić information content (AvgIpc) is 3.87. The second-order valence-corrected chi connectivity index (χ2v) is 18.4. The highest BCUT2D eigenvalue weighted by molar-refractivity contribution is 8.18. The van der Waals surface area contributed by atoms with E-state index in [-0.39, 0.29) is 60.8 Å². The number of thiol groups is 1. The lowest BCUT2D eigenvalue weighted by Crippen LogP contribution is -2.56. The number of halogens is 3. The number of sulfone groups is 1. The average molecular weight is 814 g/mol. The second-order valence-electron chi connectivity index (χ2n) is 13.4. The van der Waals surface area contributed by atoms with E-state index in [2.05, 4.69) is 30.6 Å². The first-order chi connectivity index (χ1) is 26.4. The normalized spacial score (nSPS) is 28.9. The van der Waals surface area contributed by atoms with Crippen LogP contribution in [0, 0.1) is 17.5 Å². The maximum Gasteiger partial charge on any atom is 0.316 e. The quantitative estimate of drug-likeness (QED) is 0.115. The molecule has 0 radical (unpaired) electrons. The first-order valence-corrected chi connectivity index (χ1v) is 20.6. The number of carbonyl (C=O) groups excluding carboxylic acids is 1. The maximum absolute atomic E-state index is 14.1. The number of amides is 1. The highest BCUT2D eigenvalue weighted by atomic mass is 32.2. The summed E-state index contributed by atoms with van der Waals surface area (Å²) in [7, 11) is -3.39. The van der Waals surface area contributed by atoms with Crippen molar-refractivity contribution in [1.82, 2.24) is 44.9 Å². The number of carbonyl (C=O) groups is 1. The molecule has 18 nitrogen and oxygen atoms in total. The number of nitrogens with zero attached hydrogens (tertiary/aromatic N) is 9. The molecule has 6 heterocycles. The number of aromatic nitrogens is 8. The van der Waals surface area contributed by atoms with E-state index in [1.54, 1.807) is 6.20 Å². The lowest BCUT2D eigenvalue weighted by Gasteiger charge is -2.51. The highest BCUT2D eigenvalue weighted by Gasteiger charge is 2.50. The van der Waals surface area contributed by atoms with Gasteiger partial charge in [0.2, 0.25) is 5.91 Å². The summed E-state index contributed by atoms with van der Waals surface area (Å²) in [6.45, 7) is -0.912. The Morgan fingerprint density at radius 2 is 1.60 bits per heavy atom. The summed E-state index contributed by atoms with van der Waals surface area (Å²) < 4.78 is 85.6. The number of methoxy groups -OCH3 is 1. The van der Waals surface area contributed by atoms with E-state index in [0.29, 0.717) is 11.3 Å². The van der Waals surface area contributed by atoms with Crippen LogP contribution in [0.2, 0.25) is 0 Å². The predicted molar refractivity (Wildman–Crippen MR) is 187 cm³/mol. The van der Waals surface area contributed by atoms with Crippen molar-refractivity contribution in [3.8, 4) is 28.5 Å². The summed E-state index contributed by atoms with van der Waals surface area (Å²) in [6, 6.07) is -0.167. The molecule has 3 aliphatic rings. The number of aliphatic hydroxyl groups excluding tert-OH is 3. The molecule has 1 aromatic carbocycles. The van der Waals surface area contributed by atoms with Crippen LogP contribution in [0.15, 0.2) is 36.9 Å². The minimum absolute atomic E-state index is 0.0136.